The van der Waals surface area contributed by atoms with E-state index in [9.17, 15) is 13.2 Å². The lowest BCUT2D eigenvalue weighted by molar-refractivity contribution is 0.0727. The molecule has 1 saturated carbocycles. The van der Waals surface area contributed by atoms with Gasteiger partial charge in [0, 0.05) is 24.3 Å². The molecule has 1 aromatic carbocycles. The SMILES string of the molecule is C[C@@H](C1CC1)N(C)C(=O)c1cccc(NS(C)(=O)=O)c1. The van der Waals surface area contributed by atoms with Gasteiger partial charge in [-0.15, -0.1) is 0 Å². The molecule has 1 atom stereocenters. The fourth-order valence-electron chi connectivity index (χ4n) is 2.21. The number of nitrogens with one attached hydrogen (secondary N) is 1. The molecule has 0 bridgehead atoms. The molecule has 0 radical (unpaired) electrons. The second-order valence-corrected chi connectivity index (χ2v) is 7.20. The summed E-state index contributed by atoms with van der Waals surface area (Å²) in [5, 5.41) is 0. The zero-order valence-corrected chi connectivity index (χ0v) is 12.8. The topological polar surface area (TPSA) is 66.5 Å². The van der Waals surface area contributed by atoms with Crippen molar-refractivity contribution in [2.24, 2.45) is 5.92 Å². The molecule has 0 spiro atoms. The molecule has 0 saturated heterocycles. The van der Waals surface area contributed by atoms with Crippen molar-refractivity contribution in [1.29, 1.82) is 0 Å². The molecule has 0 aromatic heterocycles. The largest absolute Gasteiger partial charge is 0.339 e. The van der Waals surface area contributed by atoms with Crippen LogP contribution in [0, 0.1) is 5.92 Å². The minimum absolute atomic E-state index is 0.0819. The lowest BCUT2D eigenvalue weighted by Gasteiger charge is -2.25. The number of amides is 1. The lowest BCUT2D eigenvalue weighted by Crippen LogP contribution is -2.36. The average Bonchev–Trinajstić information content (AvgIpc) is 3.18. The smallest absolute Gasteiger partial charge is 0.253 e. The van der Waals surface area contributed by atoms with Crippen molar-refractivity contribution in [2.75, 3.05) is 18.0 Å². The number of benzene rings is 1. The highest BCUT2D eigenvalue weighted by Gasteiger charge is 2.32. The maximum absolute atomic E-state index is 12.4. The number of rotatable bonds is 5. The zero-order valence-electron chi connectivity index (χ0n) is 12.0. The van der Waals surface area contributed by atoms with Crippen LogP contribution >= 0.6 is 0 Å². The Morgan fingerprint density at radius 2 is 2.05 bits per heavy atom. The van der Waals surface area contributed by atoms with Crippen LogP contribution in [0.4, 0.5) is 5.69 Å². The molecule has 1 amide bonds. The fourth-order valence-corrected chi connectivity index (χ4v) is 2.77. The summed E-state index contributed by atoms with van der Waals surface area (Å²) in [6.07, 6.45) is 3.44. The highest BCUT2D eigenvalue weighted by molar-refractivity contribution is 7.92. The maximum Gasteiger partial charge on any atom is 0.253 e. The molecule has 1 aliphatic rings. The van der Waals surface area contributed by atoms with Crippen LogP contribution in [0.15, 0.2) is 24.3 Å². The number of carbonyl (C=O) groups excluding carboxylic acids is 1. The Kier molecular flexibility index (Phi) is 4.04. The summed E-state index contributed by atoms with van der Waals surface area (Å²) in [6.45, 7) is 2.05. The number of sulfonamides is 1. The van der Waals surface area contributed by atoms with Gasteiger partial charge in [-0.05, 0) is 43.9 Å². The zero-order chi connectivity index (χ0) is 14.9. The van der Waals surface area contributed by atoms with E-state index in [0.29, 0.717) is 17.2 Å². The van der Waals surface area contributed by atoms with Gasteiger partial charge in [0.15, 0.2) is 0 Å². The van der Waals surface area contributed by atoms with Crippen LogP contribution in [0.5, 0.6) is 0 Å². The molecule has 20 heavy (non-hydrogen) atoms. The lowest BCUT2D eigenvalue weighted by atomic mass is 10.1. The number of hydrogen-bond acceptors (Lipinski definition) is 3. The first-order chi connectivity index (χ1) is 9.28. The highest BCUT2D eigenvalue weighted by atomic mass is 32.2. The fraction of sp³-hybridized carbons (Fsp3) is 0.500. The van der Waals surface area contributed by atoms with E-state index in [-0.39, 0.29) is 11.9 Å². The minimum Gasteiger partial charge on any atom is -0.339 e. The van der Waals surface area contributed by atoms with Crippen LogP contribution in [-0.2, 0) is 10.0 Å². The Morgan fingerprint density at radius 3 is 2.60 bits per heavy atom. The molecular formula is C14H20N2O3S. The van der Waals surface area contributed by atoms with E-state index in [2.05, 4.69) is 4.72 Å². The van der Waals surface area contributed by atoms with Crippen LogP contribution in [0.3, 0.4) is 0 Å². The third-order valence-electron chi connectivity index (χ3n) is 3.65. The first-order valence-electron chi connectivity index (χ1n) is 6.63. The van der Waals surface area contributed by atoms with Crippen molar-refractivity contribution in [3.05, 3.63) is 29.8 Å². The molecule has 2 rings (SSSR count). The van der Waals surface area contributed by atoms with Crippen molar-refractivity contribution in [3.63, 3.8) is 0 Å². The van der Waals surface area contributed by atoms with E-state index < -0.39 is 10.0 Å². The predicted octanol–water partition coefficient (Wildman–Crippen LogP) is 1.93. The van der Waals surface area contributed by atoms with Gasteiger partial charge in [0.1, 0.15) is 0 Å². The van der Waals surface area contributed by atoms with E-state index >= 15 is 0 Å². The second-order valence-electron chi connectivity index (χ2n) is 5.45. The Hall–Kier alpha value is -1.56. The number of hydrogen-bond donors (Lipinski definition) is 1. The van der Waals surface area contributed by atoms with E-state index in [0.717, 1.165) is 6.26 Å². The Bertz CT molecular complexity index is 609. The van der Waals surface area contributed by atoms with Gasteiger partial charge in [-0.1, -0.05) is 6.07 Å². The minimum atomic E-state index is -3.33. The van der Waals surface area contributed by atoms with Crippen molar-refractivity contribution in [1.82, 2.24) is 4.90 Å². The molecule has 110 valence electrons. The number of carbonyl (C=O) groups is 1. The van der Waals surface area contributed by atoms with E-state index in [1.54, 1.807) is 36.2 Å². The van der Waals surface area contributed by atoms with Gasteiger partial charge >= 0.3 is 0 Å². The van der Waals surface area contributed by atoms with Gasteiger partial charge in [-0.25, -0.2) is 8.42 Å². The van der Waals surface area contributed by atoms with E-state index in [1.165, 1.54) is 12.8 Å². The molecule has 1 N–H and O–H groups in total. The number of nitrogens with zero attached hydrogens (tertiary/aromatic N) is 1. The molecule has 0 unspecified atom stereocenters. The summed E-state index contributed by atoms with van der Waals surface area (Å²) in [5.74, 6) is 0.517. The maximum atomic E-state index is 12.4. The molecule has 1 aliphatic carbocycles. The summed E-state index contributed by atoms with van der Waals surface area (Å²) in [6, 6.07) is 6.79. The number of anilines is 1. The Morgan fingerprint density at radius 1 is 1.40 bits per heavy atom. The third kappa shape index (κ3) is 3.72. The van der Waals surface area contributed by atoms with Crippen LogP contribution < -0.4 is 4.72 Å². The van der Waals surface area contributed by atoms with Crippen LogP contribution in [-0.4, -0.2) is 38.6 Å². The van der Waals surface area contributed by atoms with E-state index in [4.69, 9.17) is 0 Å². The quantitative estimate of drug-likeness (QED) is 0.903. The Balaban J connectivity index is 2.15. The van der Waals surface area contributed by atoms with E-state index in [1.807, 2.05) is 6.92 Å². The normalized spacial score (nSPS) is 16.6. The average molecular weight is 296 g/mol. The monoisotopic (exact) mass is 296 g/mol. The van der Waals surface area contributed by atoms with Gasteiger partial charge in [-0.2, -0.15) is 0 Å². The molecule has 1 aromatic rings. The molecule has 5 nitrogen and oxygen atoms in total. The van der Waals surface area contributed by atoms with Gasteiger partial charge < -0.3 is 4.90 Å². The second kappa shape index (κ2) is 5.44. The van der Waals surface area contributed by atoms with Crippen molar-refractivity contribution >= 4 is 21.6 Å². The van der Waals surface area contributed by atoms with Gasteiger partial charge in [0.25, 0.3) is 5.91 Å². The predicted molar refractivity (Wildman–Crippen MR) is 79.2 cm³/mol. The third-order valence-corrected chi connectivity index (χ3v) is 4.25. The van der Waals surface area contributed by atoms with Crippen molar-refractivity contribution in [2.45, 2.75) is 25.8 Å². The first-order valence-corrected chi connectivity index (χ1v) is 8.52. The Labute approximate surface area is 120 Å². The molecule has 6 heteroatoms. The van der Waals surface area contributed by atoms with Crippen molar-refractivity contribution in [3.8, 4) is 0 Å². The van der Waals surface area contributed by atoms with Crippen LogP contribution in [0.1, 0.15) is 30.1 Å². The molecule has 0 aliphatic heterocycles. The summed E-state index contributed by atoms with van der Waals surface area (Å²) >= 11 is 0. The highest BCUT2D eigenvalue weighted by Crippen LogP contribution is 2.35. The van der Waals surface area contributed by atoms with Crippen molar-refractivity contribution < 1.29 is 13.2 Å². The van der Waals surface area contributed by atoms with Crippen LogP contribution in [0.2, 0.25) is 0 Å². The molecule has 0 heterocycles. The van der Waals surface area contributed by atoms with Gasteiger partial charge in [0.2, 0.25) is 10.0 Å². The molecular weight excluding hydrogens is 276 g/mol. The van der Waals surface area contributed by atoms with Crippen LogP contribution in [0.25, 0.3) is 0 Å². The molecule has 1 fully saturated rings. The summed E-state index contributed by atoms with van der Waals surface area (Å²) in [4.78, 5) is 14.1. The summed E-state index contributed by atoms with van der Waals surface area (Å²) in [5.41, 5.74) is 0.902. The standard InChI is InChI=1S/C14H20N2O3S/c1-10(11-7-8-11)16(2)14(17)12-5-4-6-13(9-12)15-20(3,18)19/h4-6,9-11,15H,7-8H2,1-3H3/t10-/m0/s1. The van der Waals surface area contributed by atoms with Gasteiger partial charge in [0.05, 0.1) is 6.26 Å². The summed E-state index contributed by atoms with van der Waals surface area (Å²) < 4.78 is 24.8. The van der Waals surface area contributed by atoms with Gasteiger partial charge in [-0.3, -0.25) is 9.52 Å². The first kappa shape index (κ1) is 14.8. The summed E-state index contributed by atoms with van der Waals surface area (Å²) in [7, 11) is -1.54.